The van der Waals surface area contributed by atoms with Gasteiger partial charge in [0.15, 0.2) is 12.1 Å². The lowest BCUT2D eigenvalue weighted by atomic mass is 10.0. The molecule has 0 radical (unpaired) electrons. The van der Waals surface area contributed by atoms with Crippen LogP contribution in [0.15, 0.2) is 0 Å². The summed E-state index contributed by atoms with van der Waals surface area (Å²) in [4.78, 5) is 35.9. The molecule has 0 aliphatic carbocycles. The summed E-state index contributed by atoms with van der Waals surface area (Å²) < 4.78 is 16.8. The van der Waals surface area contributed by atoms with Gasteiger partial charge in [-0.1, -0.05) is 149 Å². The van der Waals surface area contributed by atoms with Crippen LogP contribution in [0, 0.1) is 0 Å². The summed E-state index contributed by atoms with van der Waals surface area (Å²) in [5.74, 6) is -1.52. The summed E-state index contributed by atoms with van der Waals surface area (Å²) in [5, 5.41) is 9.50. The number of ether oxygens (including phenoxy) is 3. The Morgan fingerprint density at radius 2 is 0.979 bits per heavy atom. The second-order valence-corrected chi connectivity index (χ2v) is 14.6. The predicted molar refractivity (Wildman–Crippen MR) is 193 cm³/mol. The van der Waals surface area contributed by atoms with Gasteiger partial charge >= 0.3 is 17.9 Å². The third-order valence-corrected chi connectivity index (χ3v) is 8.98. The van der Waals surface area contributed by atoms with Crippen LogP contribution in [0.2, 0.25) is 0 Å². The van der Waals surface area contributed by atoms with Crippen LogP contribution in [0.25, 0.3) is 0 Å². The lowest BCUT2D eigenvalue weighted by Gasteiger charge is -2.31. The predicted octanol–water partition coefficient (Wildman–Crippen LogP) is 9.80. The van der Waals surface area contributed by atoms with Crippen molar-refractivity contribution in [2.75, 3.05) is 41.0 Å². The molecule has 0 aromatic carbocycles. The molecule has 0 bridgehead atoms. The van der Waals surface area contributed by atoms with Gasteiger partial charge in [0.1, 0.15) is 6.61 Å². The highest BCUT2D eigenvalue weighted by molar-refractivity contribution is 5.72. The molecule has 0 saturated carbocycles. The van der Waals surface area contributed by atoms with E-state index in [9.17, 15) is 19.5 Å². The first-order chi connectivity index (χ1) is 22.6. The summed E-state index contributed by atoms with van der Waals surface area (Å²) in [6.45, 7) is 4.40. The molecule has 0 rings (SSSR count). The highest BCUT2D eigenvalue weighted by Crippen LogP contribution is 2.16. The minimum absolute atomic E-state index is 0.0539. The largest absolute Gasteiger partial charge is 0.477 e. The standard InChI is InChI=1S/C39H75NO7/c1-6-8-9-10-11-12-13-14-15-16-17-18-19-20-21-22-23-24-25-26-27-28-30-38(42)47-35(34-46-37(41)29-7-2)33-45-32-31-36(39(43)44)40(3,4)5/h35-36H,6-34H2,1-5H3/p+1. The van der Waals surface area contributed by atoms with E-state index in [0.717, 1.165) is 19.3 Å². The van der Waals surface area contributed by atoms with E-state index < -0.39 is 18.1 Å². The van der Waals surface area contributed by atoms with Crippen LogP contribution in [-0.2, 0) is 28.6 Å². The van der Waals surface area contributed by atoms with E-state index in [1.54, 1.807) is 0 Å². The maximum Gasteiger partial charge on any atom is 0.362 e. The van der Waals surface area contributed by atoms with Crippen molar-refractivity contribution in [2.24, 2.45) is 0 Å². The number of carboxylic acids is 1. The van der Waals surface area contributed by atoms with E-state index in [2.05, 4.69) is 6.92 Å². The Morgan fingerprint density at radius 1 is 0.553 bits per heavy atom. The molecule has 8 nitrogen and oxygen atoms in total. The number of carboxylic acid groups (broad SMARTS) is 1. The Labute approximate surface area is 289 Å². The number of hydrogen-bond donors (Lipinski definition) is 1. The summed E-state index contributed by atoms with van der Waals surface area (Å²) in [6, 6.07) is -0.604. The maximum absolute atomic E-state index is 12.5. The van der Waals surface area contributed by atoms with Crippen LogP contribution in [0.3, 0.4) is 0 Å². The van der Waals surface area contributed by atoms with Gasteiger partial charge in [-0.2, -0.15) is 0 Å². The minimum Gasteiger partial charge on any atom is -0.477 e. The molecule has 1 N–H and O–H groups in total. The molecule has 0 aromatic rings. The van der Waals surface area contributed by atoms with Gasteiger partial charge in [-0.25, -0.2) is 4.79 Å². The first-order valence-corrected chi connectivity index (χ1v) is 19.6. The Morgan fingerprint density at radius 3 is 1.36 bits per heavy atom. The van der Waals surface area contributed by atoms with Crippen molar-refractivity contribution in [1.29, 1.82) is 0 Å². The van der Waals surface area contributed by atoms with E-state index in [0.29, 0.717) is 25.7 Å². The Balaban J connectivity index is 3.86. The van der Waals surface area contributed by atoms with Crippen molar-refractivity contribution in [3.05, 3.63) is 0 Å². The maximum atomic E-state index is 12.5. The Kier molecular flexibility index (Phi) is 30.5. The SMILES string of the molecule is CCCCCCCCCCCCCCCCCCCCCCCCC(=O)OC(COCCC(C(=O)O)[N+](C)(C)C)COC(=O)CCC. The quantitative estimate of drug-likeness (QED) is 0.0407. The molecule has 2 atom stereocenters. The minimum atomic E-state index is -0.877. The zero-order valence-corrected chi connectivity index (χ0v) is 31.5. The van der Waals surface area contributed by atoms with Gasteiger partial charge in [-0.15, -0.1) is 0 Å². The van der Waals surface area contributed by atoms with Crippen molar-refractivity contribution >= 4 is 17.9 Å². The lowest BCUT2D eigenvalue weighted by Crippen LogP contribution is -2.50. The average molecular weight is 671 g/mol. The number of carbonyl (C=O) groups excluding carboxylic acids is 2. The molecular weight excluding hydrogens is 594 g/mol. The zero-order valence-electron chi connectivity index (χ0n) is 31.5. The molecule has 0 aromatic heterocycles. The fourth-order valence-corrected chi connectivity index (χ4v) is 5.95. The highest BCUT2D eigenvalue weighted by atomic mass is 16.6. The number of rotatable bonds is 35. The normalized spacial score (nSPS) is 13.0. The molecule has 2 unspecified atom stereocenters. The van der Waals surface area contributed by atoms with Crippen molar-refractivity contribution in [3.63, 3.8) is 0 Å². The Hall–Kier alpha value is -1.67. The molecular formula is C39H76NO7+. The number of esters is 2. The Bertz CT molecular complexity index is 752. The molecule has 0 amide bonds. The molecule has 47 heavy (non-hydrogen) atoms. The first-order valence-electron chi connectivity index (χ1n) is 19.6. The van der Waals surface area contributed by atoms with E-state index in [-0.39, 0.29) is 36.2 Å². The van der Waals surface area contributed by atoms with Crippen molar-refractivity contribution < 1.29 is 38.2 Å². The number of likely N-dealkylation sites (N-methyl/N-ethyl adjacent to an activating group) is 1. The third-order valence-electron chi connectivity index (χ3n) is 8.98. The summed E-state index contributed by atoms with van der Waals surface area (Å²) >= 11 is 0. The molecule has 0 heterocycles. The molecule has 0 saturated heterocycles. The smallest absolute Gasteiger partial charge is 0.362 e. The van der Waals surface area contributed by atoms with Gasteiger partial charge < -0.3 is 23.8 Å². The highest BCUT2D eigenvalue weighted by Gasteiger charge is 2.31. The van der Waals surface area contributed by atoms with E-state index in [1.807, 2.05) is 28.1 Å². The van der Waals surface area contributed by atoms with Crippen LogP contribution in [0.5, 0.6) is 0 Å². The average Bonchev–Trinajstić information content (AvgIpc) is 3.01. The number of hydrogen-bond acceptors (Lipinski definition) is 6. The lowest BCUT2D eigenvalue weighted by molar-refractivity contribution is -0.887. The molecule has 0 aliphatic heterocycles. The van der Waals surface area contributed by atoms with Gasteiger partial charge in [-0.3, -0.25) is 9.59 Å². The van der Waals surface area contributed by atoms with Crippen LogP contribution < -0.4 is 0 Å². The number of nitrogens with zero attached hydrogens (tertiary/aromatic N) is 1. The topological polar surface area (TPSA) is 99.1 Å². The number of carbonyl (C=O) groups is 3. The first kappa shape index (κ1) is 45.3. The van der Waals surface area contributed by atoms with Gasteiger partial charge in [0.2, 0.25) is 0 Å². The molecule has 0 spiro atoms. The number of unbranched alkanes of at least 4 members (excludes halogenated alkanes) is 21. The van der Waals surface area contributed by atoms with Crippen LogP contribution in [-0.4, -0.2) is 80.6 Å². The van der Waals surface area contributed by atoms with Gasteiger partial charge in [0.05, 0.1) is 34.4 Å². The summed E-state index contributed by atoms with van der Waals surface area (Å²) in [5.41, 5.74) is 0. The molecule has 0 aliphatic rings. The molecule has 278 valence electrons. The van der Waals surface area contributed by atoms with E-state index in [1.165, 1.54) is 122 Å². The molecule has 0 fully saturated rings. The third kappa shape index (κ3) is 30.1. The second-order valence-electron chi connectivity index (χ2n) is 14.6. The summed E-state index contributed by atoms with van der Waals surface area (Å²) in [7, 11) is 5.50. The van der Waals surface area contributed by atoms with Crippen molar-refractivity contribution in [1.82, 2.24) is 0 Å². The fourth-order valence-electron chi connectivity index (χ4n) is 5.95. The van der Waals surface area contributed by atoms with Crippen LogP contribution >= 0.6 is 0 Å². The van der Waals surface area contributed by atoms with E-state index >= 15 is 0 Å². The van der Waals surface area contributed by atoms with Crippen LogP contribution in [0.4, 0.5) is 0 Å². The fraction of sp³-hybridized carbons (Fsp3) is 0.923. The van der Waals surface area contributed by atoms with Crippen molar-refractivity contribution in [2.45, 2.75) is 193 Å². The van der Waals surface area contributed by atoms with Gasteiger partial charge in [0, 0.05) is 19.3 Å². The zero-order chi connectivity index (χ0) is 35.0. The monoisotopic (exact) mass is 671 g/mol. The molecule has 8 heteroatoms. The second kappa shape index (κ2) is 31.6. The summed E-state index contributed by atoms with van der Waals surface area (Å²) in [6.07, 6.45) is 30.1. The van der Waals surface area contributed by atoms with Gasteiger partial charge in [-0.05, 0) is 12.8 Å². The van der Waals surface area contributed by atoms with Crippen LogP contribution in [0.1, 0.15) is 181 Å². The van der Waals surface area contributed by atoms with Gasteiger partial charge in [0.25, 0.3) is 0 Å². The van der Waals surface area contributed by atoms with E-state index in [4.69, 9.17) is 14.2 Å². The number of aliphatic carboxylic acids is 1. The van der Waals surface area contributed by atoms with Crippen molar-refractivity contribution in [3.8, 4) is 0 Å². The number of quaternary nitrogens is 1.